The molecule has 2 aliphatic heterocycles. The van der Waals surface area contributed by atoms with Gasteiger partial charge in [0.15, 0.2) is 11.6 Å². The van der Waals surface area contributed by atoms with E-state index in [-0.39, 0.29) is 12.5 Å². The second-order valence-electron chi connectivity index (χ2n) is 7.59. The van der Waals surface area contributed by atoms with E-state index in [1.165, 1.54) is 0 Å². The summed E-state index contributed by atoms with van der Waals surface area (Å²) in [5, 5.41) is 17.9. The van der Waals surface area contributed by atoms with E-state index in [4.69, 9.17) is 5.11 Å². The number of hydrogen-bond acceptors (Lipinski definition) is 7. The Morgan fingerprint density at radius 1 is 0.833 bits per heavy atom. The van der Waals surface area contributed by atoms with Gasteiger partial charge in [0.25, 0.3) is 5.91 Å². The topological polar surface area (TPSA) is 76.0 Å². The van der Waals surface area contributed by atoms with Gasteiger partial charge in [0.1, 0.15) is 0 Å². The Morgan fingerprint density at radius 3 is 1.87 bits per heavy atom. The molecule has 2 aromatic rings. The molecule has 1 aromatic carbocycles. The first-order valence-electron chi connectivity index (χ1n) is 10.4. The van der Waals surface area contributed by atoms with Gasteiger partial charge in [-0.05, 0) is 36.4 Å². The normalized spacial score (nSPS) is 18.0. The molecule has 30 heavy (non-hydrogen) atoms. The van der Waals surface area contributed by atoms with Crippen LogP contribution < -0.4 is 9.80 Å². The average molecular weight is 475 g/mol. The van der Waals surface area contributed by atoms with Crippen LogP contribution in [0.5, 0.6) is 0 Å². The standard InChI is InChI=1S/C21H27BrN6O2/c22-18-3-1-17(2-4-18)21(30)28-13-11-27(12-14-28)20-6-5-19(23-24-20)26-9-7-25(8-10-26)15-16-29/h1-6,29H,7-16H2. The molecule has 0 aliphatic carbocycles. The highest BCUT2D eigenvalue weighted by molar-refractivity contribution is 9.10. The predicted molar refractivity (Wildman–Crippen MR) is 120 cm³/mol. The van der Waals surface area contributed by atoms with Gasteiger partial charge < -0.3 is 19.8 Å². The monoisotopic (exact) mass is 474 g/mol. The predicted octanol–water partition coefficient (Wildman–Crippen LogP) is 1.32. The van der Waals surface area contributed by atoms with E-state index in [2.05, 4.69) is 40.8 Å². The van der Waals surface area contributed by atoms with Crippen LogP contribution in [0.3, 0.4) is 0 Å². The number of halogens is 1. The van der Waals surface area contributed by atoms with E-state index < -0.39 is 0 Å². The van der Waals surface area contributed by atoms with Crippen molar-refractivity contribution in [1.29, 1.82) is 0 Å². The molecule has 3 heterocycles. The van der Waals surface area contributed by atoms with Crippen molar-refractivity contribution in [2.45, 2.75) is 0 Å². The Kier molecular flexibility index (Phi) is 6.81. The minimum absolute atomic E-state index is 0.0731. The fourth-order valence-electron chi connectivity index (χ4n) is 3.91. The van der Waals surface area contributed by atoms with Gasteiger partial charge in [0.05, 0.1) is 6.61 Å². The number of β-amino-alcohol motifs (C(OH)–C–C–N with tert-alkyl or cyclic N) is 1. The lowest BCUT2D eigenvalue weighted by atomic mass is 10.2. The van der Waals surface area contributed by atoms with Crippen LogP contribution in [0.4, 0.5) is 11.6 Å². The van der Waals surface area contributed by atoms with Gasteiger partial charge in [-0.1, -0.05) is 15.9 Å². The summed E-state index contributed by atoms with van der Waals surface area (Å²) in [7, 11) is 0. The van der Waals surface area contributed by atoms with Crippen LogP contribution in [-0.4, -0.2) is 96.5 Å². The Bertz CT molecular complexity index is 832. The molecule has 0 saturated carbocycles. The van der Waals surface area contributed by atoms with Crippen molar-refractivity contribution < 1.29 is 9.90 Å². The van der Waals surface area contributed by atoms with Crippen LogP contribution in [0.1, 0.15) is 10.4 Å². The molecule has 1 aromatic heterocycles. The maximum atomic E-state index is 12.7. The van der Waals surface area contributed by atoms with Crippen molar-refractivity contribution in [2.75, 3.05) is 75.3 Å². The van der Waals surface area contributed by atoms with Gasteiger partial charge in [0, 0.05) is 68.9 Å². The lowest BCUT2D eigenvalue weighted by molar-refractivity contribution is 0.0746. The van der Waals surface area contributed by atoms with Crippen molar-refractivity contribution in [3.05, 3.63) is 46.4 Å². The van der Waals surface area contributed by atoms with Gasteiger partial charge in [-0.15, -0.1) is 10.2 Å². The molecule has 0 radical (unpaired) electrons. The highest BCUT2D eigenvalue weighted by atomic mass is 79.9. The number of anilines is 2. The van der Waals surface area contributed by atoms with E-state index in [0.29, 0.717) is 13.1 Å². The van der Waals surface area contributed by atoms with Crippen molar-refractivity contribution in [1.82, 2.24) is 20.0 Å². The van der Waals surface area contributed by atoms with E-state index in [1.54, 1.807) is 0 Å². The molecule has 9 heteroatoms. The van der Waals surface area contributed by atoms with Gasteiger partial charge in [-0.2, -0.15) is 0 Å². The van der Waals surface area contributed by atoms with Gasteiger partial charge in [-0.3, -0.25) is 9.69 Å². The number of carbonyl (C=O) groups excluding carboxylic acids is 1. The molecule has 0 unspecified atom stereocenters. The van der Waals surface area contributed by atoms with Gasteiger partial charge >= 0.3 is 0 Å². The summed E-state index contributed by atoms with van der Waals surface area (Å²) in [6.45, 7) is 7.42. The zero-order valence-corrected chi connectivity index (χ0v) is 18.5. The van der Waals surface area contributed by atoms with Crippen LogP contribution in [0.2, 0.25) is 0 Å². The third kappa shape index (κ3) is 4.91. The third-order valence-electron chi connectivity index (χ3n) is 5.73. The molecular formula is C21H27BrN6O2. The molecule has 1 amide bonds. The van der Waals surface area contributed by atoms with Crippen LogP contribution in [-0.2, 0) is 0 Å². The second kappa shape index (κ2) is 9.72. The molecule has 8 nitrogen and oxygen atoms in total. The summed E-state index contributed by atoms with van der Waals surface area (Å²) in [5.41, 5.74) is 0.717. The Morgan fingerprint density at radius 2 is 1.37 bits per heavy atom. The van der Waals surface area contributed by atoms with E-state index in [1.807, 2.05) is 41.3 Å². The number of aromatic nitrogens is 2. The molecule has 2 saturated heterocycles. The highest BCUT2D eigenvalue weighted by Crippen LogP contribution is 2.19. The number of rotatable bonds is 5. The molecule has 4 rings (SSSR count). The number of carbonyl (C=O) groups is 1. The number of aliphatic hydroxyl groups is 1. The molecule has 1 N–H and O–H groups in total. The number of hydrogen-bond donors (Lipinski definition) is 1. The zero-order chi connectivity index (χ0) is 20.9. The average Bonchev–Trinajstić information content (AvgIpc) is 2.80. The Labute approximate surface area is 185 Å². The first kappa shape index (κ1) is 21.0. The van der Waals surface area contributed by atoms with Crippen LogP contribution >= 0.6 is 15.9 Å². The summed E-state index contributed by atoms with van der Waals surface area (Å²) in [6.07, 6.45) is 0. The molecule has 2 aliphatic rings. The lowest BCUT2D eigenvalue weighted by Crippen LogP contribution is -2.49. The van der Waals surface area contributed by atoms with Crippen molar-refractivity contribution in [3.8, 4) is 0 Å². The molecule has 0 bridgehead atoms. The summed E-state index contributed by atoms with van der Waals surface area (Å²) in [6, 6.07) is 11.6. The third-order valence-corrected chi connectivity index (χ3v) is 6.26. The maximum Gasteiger partial charge on any atom is 0.253 e. The fourth-order valence-corrected chi connectivity index (χ4v) is 4.18. The first-order chi connectivity index (χ1) is 14.6. The number of aliphatic hydroxyl groups excluding tert-OH is 1. The van der Waals surface area contributed by atoms with Crippen LogP contribution in [0, 0.1) is 0 Å². The number of piperazine rings is 2. The lowest BCUT2D eigenvalue weighted by Gasteiger charge is -2.36. The molecule has 0 spiro atoms. The van der Waals surface area contributed by atoms with E-state index >= 15 is 0 Å². The summed E-state index contributed by atoms with van der Waals surface area (Å²) in [4.78, 5) is 21.3. The Hall–Kier alpha value is -2.23. The minimum Gasteiger partial charge on any atom is -0.395 e. The van der Waals surface area contributed by atoms with Gasteiger partial charge in [-0.25, -0.2) is 0 Å². The Balaban J connectivity index is 1.30. The van der Waals surface area contributed by atoms with Crippen LogP contribution in [0.15, 0.2) is 40.9 Å². The SMILES string of the molecule is O=C(c1ccc(Br)cc1)N1CCN(c2ccc(N3CCN(CCO)CC3)nn2)CC1. The van der Waals surface area contributed by atoms with Gasteiger partial charge in [0.2, 0.25) is 0 Å². The summed E-state index contributed by atoms with van der Waals surface area (Å²) >= 11 is 3.40. The van der Waals surface area contributed by atoms with Crippen molar-refractivity contribution in [3.63, 3.8) is 0 Å². The van der Waals surface area contributed by atoms with Crippen molar-refractivity contribution in [2.24, 2.45) is 0 Å². The maximum absolute atomic E-state index is 12.7. The first-order valence-corrected chi connectivity index (χ1v) is 11.1. The molecule has 0 atom stereocenters. The van der Waals surface area contributed by atoms with Crippen molar-refractivity contribution >= 4 is 33.5 Å². The fraction of sp³-hybridized carbons (Fsp3) is 0.476. The molecular weight excluding hydrogens is 448 g/mol. The number of benzene rings is 1. The number of amides is 1. The highest BCUT2D eigenvalue weighted by Gasteiger charge is 2.24. The quantitative estimate of drug-likeness (QED) is 0.699. The number of nitrogens with zero attached hydrogens (tertiary/aromatic N) is 6. The zero-order valence-electron chi connectivity index (χ0n) is 17.0. The van der Waals surface area contributed by atoms with E-state index in [0.717, 1.165) is 67.5 Å². The molecule has 2 fully saturated rings. The van der Waals surface area contributed by atoms with E-state index in [9.17, 15) is 4.79 Å². The molecule has 160 valence electrons. The minimum atomic E-state index is 0.0731. The largest absolute Gasteiger partial charge is 0.395 e. The summed E-state index contributed by atoms with van der Waals surface area (Å²) < 4.78 is 0.970. The second-order valence-corrected chi connectivity index (χ2v) is 8.50. The smallest absolute Gasteiger partial charge is 0.253 e. The van der Waals surface area contributed by atoms with Crippen LogP contribution in [0.25, 0.3) is 0 Å². The summed E-state index contributed by atoms with van der Waals surface area (Å²) in [5.74, 6) is 1.82.